The summed E-state index contributed by atoms with van der Waals surface area (Å²) in [7, 11) is 0. The highest BCUT2D eigenvalue weighted by Crippen LogP contribution is 2.14. The Bertz CT molecular complexity index is 843. The van der Waals surface area contributed by atoms with E-state index >= 15 is 0 Å². The summed E-state index contributed by atoms with van der Waals surface area (Å²) < 4.78 is 10.6. The van der Waals surface area contributed by atoms with Crippen LogP contribution in [0.25, 0.3) is 0 Å². The van der Waals surface area contributed by atoms with Crippen molar-refractivity contribution < 1.29 is 18.7 Å². The number of hydrogen-bond donors (Lipinski definition) is 2. The van der Waals surface area contributed by atoms with E-state index in [1.807, 2.05) is 23.6 Å². The molecule has 2 heterocycles. The molecule has 0 aliphatic carbocycles. The van der Waals surface area contributed by atoms with Crippen molar-refractivity contribution in [2.24, 2.45) is 0 Å². The van der Waals surface area contributed by atoms with Gasteiger partial charge < -0.3 is 19.8 Å². The largest absolute Gasteiger partial charge is 0.467 e. The third-order valence-corrected chi connectivity index (χ3v) is 4.59. The maximum Gasteiger partial charge on any atom is 0.265 e. The Kier molecular flexibility index (Phi) is 6.78. The molecule has 2 N–H and O–H groups in total. The summed E-state index contributed by atoms with van der Waals surface area (Å²) in [6.07, 6.45) is 2.32. The molecular weight excluding hydrogens is 364 g/mol. The molecule has 2 amide bonds. The molecular formula is C20H20N2O4S. The fourth-order valence-electron chi connectivity index (χ4n) is 2.35. The second-order valence-corrected chi connectivity index (χ2v) is 6.70. The zero-order valence-electron chi connectivity index (χ0n) is 14.6. The van der Waals surface area contributed by atoms with E-state index in [1.165, 1.54) is 11.3 Å². The summed E-state index contributed by atoms with van der Waals surface area (Å²) in [6.45, 7) is 1.49. The molecule has 0 atom stereocenters. The smallest absolute Gasteiger partial charge is 0.265 e. The second kappa shape index (κ2) is 9.70. The molecule has 1 aromatic carbocycles. The van der Waals surface area contributed by atoms with Crippen LogP contribution in [-0.2, 0) is 11.3 Å². The minimum Gasteiger partial charge on any atom is -0.467 e. The Hall–Kier alpha value is -2.90. The summed E-state index contributed by atoms with van der Waals surface area (Å²) in [5.74, 6) is 0.471. The minimum absolute atomic E-state index is 0.155. The van der Waals surface area contributed by atoms with Crippen LogP contribution in [0.3, 0.4) is 0 Å². The number of anilines is 1. The SMILES string of the molecule is O=C(NCCCOCc1ccco1)c1ccc(NC(=O)c2cccs2)cc1. The number of rotatable bonds is 9. The van der Waals surface area contributed by atoms with E-state index in [0.717, 1.165) is 5.76 Å². The Morgan fingerprint density at radius 2 is 1.89 bits per heavy atom. The summed E-state index contributed by atoms with van der Waals surface area (Å²) in [5, 5.41) is 7.50. The average molecular weight is 384 g/mol. The zero-order valence-corrected chi connectivity index (χ0v) is 15.5. The lowest BCUT2D eigenvalue weighted by Crippen LogP contribution is -2.25. The normalized spacial score (nSPS) is 10.5. The number of benzene rings is 1. The molecule has 0 bridgehead atoms. The van der Waals surface area contributed by atoms with Crippen LogP contribution >= 0.6 is 11.3 Å². The Labute approximate surface area is 161 Å². The highest BCUT2D eigenvalue weighted by Gasteiger charge is 2.08. The van der Waals surface area contributed by atoms with Crippen molar-refractivity contribution in [3.8, 4) is 0 Å². The molecule has 27 heavy (non-hydrogen) atoms. The number of ether oxygens (including phenoxy) is 1. The van der Waals surface area contributed by atoms with Gasteiger partial charge in [-0.3, -0.25) is 9.59 Å². The summed E-state index contributed by atoms with van der Waals surface area (Å²) in [4.78, 5) is 24.8. The predicted octanol–water partition coefficient (Wildman–Crippen LogP) is 3.93. The van der Waals surface area contributed by atoms with Gasteiger partial charge in [-0.15, -0.1) is 11.3 Å². The zero-order chi connectivity index (χ0) is 18.9. The molecule has 0 radical (unpaired) electrons. The molecule has 7 heteroatoms. The van der Waals surface area contributed by atoms with Crippen molar-refractivity contribution in [1.29, 1.82) is 0 Å². The van der Waals surface area contributed by atoms with Crippen LogP contribution in [0.2, 0.25) is 0 Å². The third kappa shape index (κ3) is 5.80. The van der Waals surface area contributed by atoms with Gasteiger partial charge in [-0.05, 0) is 54.3 Å². The van der Waals surface area contributed by atoms with Crippen LogP contribution in [0.15, 0.2) is 64.6 Å². The standard InChI is InChI=1S/C20H20N2O4S/c23-19(21-10-3-11-25-14-17-4-1-12-26-17)15-6-8-16(9-7-15)22-20(24)18-5-2-13-27-18/h1-2,4-9,12-13H,3,10-11,14H2,(H,21,23)(H,22,24). The first kappa shape index (κ1) is 18.9. The van der Waals surface area contributed by atoms with E-state index in [9.17, 15) is 9.59 Å². The topological polar surface area (TPSA) is 80.6 Å². The molecule has 6 nitrogen and oxygen atoms in total. The molecule has 0 fully saturated rings. The molecule has 0 saturated heterocycles. The fraction of sp³-hybridized carbons (Fsp3) is 0.200. The highest BCUT2D eigenvalue weighted by atomic mass is 32.1. The number of nitrogens with one attached hydrogen (secondary N) is 2. The van der Waals surface area contributed by atoms with Gasteiger partial charge in [0.15, 0.2) is 0 Å². The van der Waals surface area contributed by atoms with Gasteiger partial charge in [0.1, 0.15) is 12.4 Å². The van der Waals surface area contributed by atoms with Crippen LogP contribution < -0.4 is 10.6 Å². The number of furan rings is 1. The van der Waals surface area contributed by atoms with Crippen molar-refractivity contribution in [2.75, 3.05) is 18.5 Å². The lowest BCUT2D eigenvalue weighted by Gasteiger charge is -2.07. The first-order valence-electron chi connectivity index (χ1n) is 8.55. The van der Waals surface area contributed by atoms with Gasteiger partial charge in [-0.25, -0.2) is 0 Å². The fourth-order valence-corrected chi connectivity index (χ4v) is 2.97. The molecule has 3 aromatic rings. The minimum atomic E-state index is -0.156. The lowest BCUT2D eigenvalue weighted by atomic mass is 10.2. The second-order valence-electron chi connectivity index (χ2n) is 5.75. The van der Waals surface area contributed by atoms with E-state index < -0.39 is 0 Å². The van der Waals surface area contributed by atoms with E-state index in [4.69, 9.17) is 9.15 Å². The molecule has 0 unspecified atom stereocenters. The maximum atomic E-state index is 12.1. The van der Waals surface area contributed by atoms with Crippen molar-refractivity contribution in [3.63, 3.8) is 0 Å². The molecule has 0 aliphatic heterocycles. The molecule has 0 aliphatic rings. The number of thiophene rings is 1. The monoisotopic (exact) mass is 384 g/mol. The molecule has 2 aromatic heterocycles. The molecule has 3 rings (SSSR count). The third-order valence-electron chi connectivity index (χ3n) is 3.73. The number of carbonyl (C=O) groups excluding carboxylic acids is 2. The van der Waals surface area contributed by atoms with Crippen LogP contribution in [0.4, 0.5) is 5.69 Å². The molecule has 140 valence electrons. The van der Waals surface area contributed by atoms with Crippen molar-refractivity contribution in [2.45, 2.75) is 13.0 Å². The molecule has 0 spiro atoms. The van der Waals surface area contributed by atoms with Crippen LogP contribution in [0, 0.1) is 0 Å². The Morgan fingerprint density at radius 1 is 1.04 bits per heavy atom. The van der Waals surface area contributed by atoms with Crippen LogP contribution in [0.1, 0.15) is 32.2 Å². The first-order valence-corrected chi connectivity index (χ1v) is 9.43. The number of carbonyl (C=O) groups is 2. The van der Waals surface area contributed by atoms with Crippen molar-refractivity contribution in [1.82, 2.24) is 5.32 Å². The van der Waals surface area contributed by atoms with E-state index in [2.05, 4.69) is 10.6 Å². The average Bonchev–Trinajstić information content (AvgIpc) is 3.38. The maximum absolute atomic E-state index is 12.1. The quantitative estimate of drug-likeness (QED) is 0.548. The van der Waals surface area contributed by atoms with Gasteiger partial charge >= 0.3 is 0 Å². The lowest BCUT2D eigenvalue weighted by molar-refractivity contribution is 0.0916. The predicted molar refractivity (Wildman–Crippen MR) is 104 cm³/mol. The Balaban J connectivity index is 1.36. The van der Waals surface area contributed by atoms with Crippen molar-refractivity contribution in [3.05, 3.63) is 76.4 Å². The summed E-state index contributed by atoms with van der Waals surface area (Å²) >= 11 is 1.38. The van der Waals surface area contributed by atoms with E-state index in [1.54, 1.807) is 36.6 Å². The Morgan fingerprint density at radius 3 is 2.59 bits per heavy atom. The van der Waals surface area contributed by atoms with Gasteiger partial charge in [-0.2, -0.15) is 0 Å². The van der Waals surface area contributed by atoms with Crippen LogP contribution in [-0.4, -0.2) is 25.0 Å². The first-order chi connectivity index (χ1) is 13.2. The number of hydrogen-bond acceptors (Lipinski definition) is 5. The van der Waals surface area contributed by atoms with Gasteiger partial charge in [0.05, 0.1) is 11.1 Å². The van der Waals surface area contributed by atoms with Gasteiger partial charge in [-0.1, -0.05) is 6.07 Å². The van der Waals surface area contributed by atoms with E-state index in [-0.39, 0.29) is 11.8 Å². The summed E-state index contributed by atoms with van der Waals surface area (Å²) in [6, 6.07) is 14.1. The van der Waals surface area contributed by atoms with Gasteiger partial charge in [0, 0.05) is 24.4 Å². The highest BCUT2D eigenvalue weighted by molar-refractivity contribution is 7.12. The van der Waals surface area contributed by atoms with Crippen molar-refractivity contribution >= 4 is 28.8 Å². The molecule has 0 saturated carbocycles. The van der Waals surface area contributed by atoms with Gasteiger partial charge in [0.25, 0.3) is 11.8 Å². The van der Waals surface area contributed by atoms with Crippen LogP contribution in [0.5, 0.6) is 0 Å². The number of amides is 2. The van der Waals surface area contributed by atoms with E-state index in [0.29, 0.717) is 42.3 Å². The summed E-state index contributed by atoms with van der Waals surface area (Å²) in [5.41, 5.74) is 1.19. The van der Waals surface area contributed by atoms with Gasteiger partial charge in [0.2, 0.25) is 0 Å².